The molecule has 0 aliphatic rings. The first kappa shape index (κ1) is 20.7. The van der Waals surface area contributed by atoms with Gasteiger partial charge in [0.15, 0.2) is 0 Å². The molecule has 0 bridgehead atoms. The third-order valence-corrected chi connectivity index (χ3v) is 3.73. The average Bonchev–Trinajstić information content (AvgIpc) is 2.52. The minimum atomic E-state index is -4.08. The SMILES string of the molecule is COc1ccccc1/C=C/S(=O)(=O)O.Cc1cc(Cl)ccc1C(N)=O. The highest BCUT2D eigenvalue weighted by Crippen LogP contribution is 2.18. The van der Waals surface area contributed by atoms with Gasteiger partial charge in [-0.05, 0) is 42.8 Å². The number of carbonyl (C=O) groups excluding carboxylic acids is 1. The maximum atomic E-state index is 10.7. The van der Waals surface area contributed by atoms with Gasteiger partial charge in [-0.15, -0.1) is 0 Å². The zero-order valence-corrected chi connectivity index (χ0v) is 15.2. The predicted molar refractivity (Wildman–Crippen MR) is 98.3 cm³/mol. The van der Waals surface area contributed by atoms with Gasteiger partial charge in [-0.3, -0.25) is 9.35 Å². The summed E-state index contributed by atoms with van der Waals surface area (Å²) in [4.78, 5) is 10.7. The summed E-state index contributed by atoms with van der Waals surface area (Å²) in [6.45, 7) is 1.80. The van der Waals surface area contributed by atoms with Gasteiger partial charge >= 0.3 is 0 Å². The molecule has 2 aromatic carbocycles. The van der Waals surface area contributed by atoms with E-state index in [0.29, 0.717) is 27.3 Å². The Hall–Kier alpha value is -2.35. The van der Waals surface area contributed by atoms with Gasteiger partial charge in [-0.1, -0.05) is 29.8 Å². The molecule has 6 nitrogen and oxygen atoms in total. The smallest absolute Gasteiger partial charge is 0.287 e. The van der Waals surface area contributed by atoms with Gasteiger partial charge < -0.3 is 10.5 Å². The Morgan fingerprint density at radius 2 is 1.88 bits per heavy atom. The van der Waals surface area contributed by atoms with Crippen LogP contribution in [0.5, 0.6) is 5.75 Å². The summed E-state index contributed by atoms with van der Waals surface area (Å²) in [5, 5.41) is 1.33. The van der Waals surface area contributed by atoms with Crippen LogP contribution in [0.1, 0.15) is 21.5 Å². The van der Waals surface area contributed by atoms with Crippen LogP contribution in [0, 0.1) is 6.92 Å². The van der Waals surface area contributed by atoms with Gasteiger partial charge in [0.05, 0.1) is 12.5 Å². The second kappa shape index (κ2) is 9.22. The first-order valence-electron chi connectivity index (χ1n) is 6.98. The van der Waals surface area contributed by atoms with Gasteiger partial charge in [-0.2, -0.15) is 8.42 Å². The van der Waals surface area contributed by atoms with Crippen LogP contribution in [0.2, 0.25) is 5.02 Å². The average molecular weight is 384 g/mol. The van der Waals surface area contributed by atoms with Crippen LogP contribution in [0.3, 0.4) is 0 Å². The number of nitrogens with two attached hydrogens (primary N) is 1. The van der Waals surface area contributed by atoms with E-state index in [2.05, 4.69) is 0 Å². The van der Waals surface area contributed by atoms with E-state index in [1.165, 1.54) is 13.2 Å². The monoisotopic (exact) mass is 383 g/mol. The predicted octanol–water partition coefficient (Wildman–Crippen LogP) is 3.30. The Morgan fingerprint density at radius 3 is 2.40 bits per heavy atom. The lowest BCUT2D eigenvalue weighted by molar-refractivity contribution is 0.0999. The number of rotatable bonds is 4. The molecule has 134 valence electrons. The van der Waals surface area contributed by atoms with E-state index in [4.69, 9.17) is 26.6 Å². The van der Waals surface area contributed by atoms with Crippen LogP contribution in [0.4, 0.5) is 0 Å². The summed E-state index contributed by atoms with van der Waals surface area (Å²) >= 11 is 5.67. The molecule has 0 heterocycles. The largest absolute Gasteiger partial charge is 0.496 e. The third kappa shape index (κ3) is 7.38. The minimum absolute atomic E-state index is 0.417. The van der Waals surface area contributed by atoms with Crippen molar-refractivity contribution in [1.82, 2.24) is 0 Å². The van der Waals surface area contributed by atoms with Crippen molar-refractivity contribution >= 4 is 33.7 Å². The van der Waals surface area contributed by atoms with Crippen LogP contribution in [-0.4, -0.2) is 26.0 Å². The Balaban J connectivity index is 0.000000257. The second-order valence-electron chi connectivity index (χ2n) is 4.88. The standard InChI is InChI=1S/C9H10O4S.C8H8ClNO/c1-13-9-5-3-2-4-8(9)6-7-14(10,11)12;1-5-4-6(9)2-3-7(5)8(10)11/h2-7H,1H3,(H,10,11,12);2-4H,1H3,(H2,10,11)/b7-6+;. The summed E-state index contributed by atoms with van der Waals surface area (Å²) in [5.74, 6) is 0.131. The molecule has 0 saturated carbocycles. The Bertz CT molecular complexity index is 878. The van der Waals surface area contributed by atoms with Crippen LogP contribution < -0.4 is 10.5 Å². The Labute approximate surface area is 151 Å². The van der Waals surface area contributed by atoms with Crippen molar-refractivity contribution in [2.75, 3.05) is 7.11 Å². The topological polar surface area (TPSA) is 107 Å². The number of para-hydroxylation sites is 1. The van der Waals surface area contributed by atoms with E-state index >= 15 is 0 Å². The molecule has 3 N–H and O–H groups in total. The summed E-state index contributed by atoms with van der Waals surface area (Å²) in [7, 11) is -2.60. The fraction of sp³-hybridized carbons (Fsp3) is 0.118. The number of methoxy groups -OCH3 is 1. The lowest BCUT2D eigenvalue weighted by Crippen LogP contribution is -2.12. The fourth-order valence-corrected chi connectivity index (χ4v) is 2.41. The molecule has 25 heavy (non-hydrogen) atoms. The van der Waals surface area contributed by atoms with Gasteiger partial charge in [0.2, 0.25) is 5.91 Å². The van der Waals surface area contributed by atoms with E-state index in [-0.39, 0.29) is 0 Å². The molecule has 8 heteroatoms. The minimum Gasteiger partial charge on any atom is -0.496 e. The van der Waals surface area contributed by atoms with Gasteiger partial charge in [0.25, 0.3) is 10.1 Å². The third-order valence-electron chi connectivity index (χ3n) is 3.01. The molecule has 0 atom stereocenters. The maximum Gasteiger partial charge on any atom is 0.287 e. The Morgan fingerprint density at radius 1 is 1.24 bits per heavy atom. The molecular formula is C17H18ClNO5S. The molecule has 1 amide bonds. The number of aryl methyl sites for hydroxylation is 1. The van der Waals surface area contributed by atoms with E-state index in [0.717, 1.165) is 5.56 Å². The normalized spacial score (nSPS) is 10.9. The van der Waals surface area contributed by atoms with Gasteiger partial charge in [0.1, 0.15) is 5.75 Å². The second-order valence-corrected chi connectivity index (χ2v) is 6.62. The summed E-state index contributed by atoms with van der Waals surface area (Å²) in [6.07, 6.45) is 1.27. The van der Waals surface area contributed by atoms with Crippen molar-refractivity contribution in [2.24, 2.45) is 5.73 Å². The van der Waals surface area contributed by atoms with Crippen LogP contribution in [0.25, 0.3) is 6.08 Å². The quantitative estimate of drug-likeness (QED) is 0.787. The van der Waals surface area contributed by atoms with Crippen molar-refractivity contribution < 1.29 is 22.5 Å². The number of hydrogen-bond donors (Lipinski definition) is 2. The summed E-state index contributed by atoms with van der Waals surface area (Å²) < 4.78 is 34.3. The zero-order chi connectivity index (χ0) is 19.0. The van der Waals surface area contributed by atoms with Gasteiger partial charge in [-0.25, -0.2) is 0 Å². The Kier molecular flexibility index (Phi) is 7.63. The molecule has 0 aliphatic heterocycles. The van der Waals surface area contributed by atoms with Crippen LogP contribution in [-0.2, 0) is 10.1 Å². The van der Waals surface area contributed by atoms with Crippen molar-refractivity contribution in [3.8, 4) is 5.75 Å². The molecule has 0 radical (unpaired) electrons. The number of ether oxygens (including phenoxy) is 1. The number of hydrogen-bond acceptors (Lipinski definition) is 4. The first-order valence-corrected chi connectivity index (χ1v) is 8.86. The van der Waals surface area contributed by atoms with Crippen molar-refractivity contribution in [2.45, 2.75) is 6.92 Å². The molecule has 2 aromatic rings. The molecular weight excluding hydrogens is 366 g/mol. The highest BCUT2D eigenvalue weighted by molar-refractivity contribution is 7.88. The van der Waals surface area contributed by atoms with Gasteiger partial charge in [0, 0.05) is 16.1 Å². The number of benzene rings is 2. The number of carbonyl (C=O) groups is 1. The van der Waals surface area contributed by atoms with Crippen LogP contribution >= 0.6 is 11.6 Å². The molecule has 0 unspecified atom stereocenters. The van der Waals surface area contributed by atoms with Crippen molar-refractivity contribution in [1.29, 1.82) is 0 Å². The summed E-state index contributed by atoms with van der Waals surface area (Å²) in [5.41, 5.74) is 7.01. The van der Waals surface area contributed by atoms with Crippen molar-refractivity contribution in [3.63, 3.8) is 0 Å². The lowest BCUT2D eigenvalue weighted by atomic mass is 10.1. The zero-order valence-electron chi connectivity index (χ0n) is 13.6. The lowest BCUT2D eigenvalue weighted by Gasteiger charge is -2.02. The fourth-order valence-electron chi connectivity index (χ4n) is 1.87. The highest BCUT2D eigenvalue weighted by Gasteiger charge is 2.03. The van der Waals surface area contributed by atoms with E-state index < -0.39 is 16.0 Å². The molecule has 0 spiro atoms. The van der Waals surface area contributed by atoms with Crippen molar-refractivity contribution in [3.05, 3.63) is 69.6 Å². The highest BCUT2D eigenvalue weighted by atomic mass is 35.5. The summed E-state index contributed by atoms with van der Waals surface area (Å²) in [6, 6.07) is 11.9. The maximum absolute atomic E-state index is 10.7. The molecule has 0 saturated heterocycles. The first-order chi connectivity index (χ1) is 11.6. The van der Waals surface area contributed by atoms with E-state index in [9.17, 15) is 13.2 Å². The molecule has 0 aromatic heterocycles. The van der Waals surface area contributed by atoms with Crippen LogP contribution in [0.15, 0.2) is 47.9 Å². The number of amides is 1. The molecule has 0 aliphatic carbocycles. The number of primary amides is 1. The molecule has 0 fully saturated rings. The van der Waals surface area contributed by atoms with E-state index in [1.54, 1.807) is 49.4 Å². The molecule has 2 rings (SSSR count). The van der Waals surface area contributed by atoms with E-state index in [1.807, 2.05) is 0 Å². The number of halogens is 1.